The summed E-state index contributed by atoms with van der Waals surface area (Å²) < 4.78 is 26.0. The van der Waals surface area contributed by atoms with Gasteiger partial charge in [0, 0.05) is 11.9 Å². The van der Waals surface area contributed by atoms with Gasteiger partial charge in [-0.2, -0.15) is 0 Å². The first-order chi connectivity index (χ1) is 8.09. The van der Waals surface area contributed by atoms with Crippen LogP contribution in [0.25, 0.3) is 0 Å². The molecular weight excluding hydrogens is 302 g/mol. The minimum Gasteiger partial charge on any atom is -0.212 e. The van der Waals surface area contributed by atoms with Crippen molar-refractivity contribution in [3.05, 3.63) is 35.4 Å². The van der Waals surface area contributed by atoms with Crippen LogP contribution in [0.2, 0.25) is 0 Å². The molecule has 1 fully saturated rings. The van der Waals surface area contributed by atoms with Gasteiger partial charge in [-0.25, -0.2) is 13.1 Å². The number of nitrogens with one attached hydrogen (secondary N) is 1. The lowest BCUT2D eigenvalue weighted by Crippen LogP contribution is -2.26. The van der Waals surface area contributed by atoms with Crippen LogP contribution in [0.1, 0.15) is 24.0 Å². The van der Waals surface area contributed by atoms with E-state index in [1.54, 1.807) is 0 Å². The molecule has 1 saturated carbocycles. The molecule has 0 aliphatic heterocycles. The third-order valence-corrected chi connectivity index (χ3v) is 4.97. The molecule has 0 saturated heterocycles. The van der Waals surface area contributed by atoms with Crippen molar-refractivity contribution in [2.24, 2.45) is 5.92 Å². The molecule has 17 heavy (non-hydrogen) atoms. The fraction of sp³-hybridized carbons (Fsp3) is 0.500. The SMILES string of the molecule is O=S(=O)(CC1CC1)NCc1ccc(CBr)cc1. The fourth-order valence-electron chi connectivity index (χ4n) is 1.59. The van der Waals surface area contributed by atoms with Crippen LogP contribution >= 0.6 is 15.9 Å². The molecule has 0 aromatic heterocycles. The molecule has 2 rings (SSSR count). The summed E-state index contributed by atoms with van der Waals surface area (Å²) in [5.74, 6) is 0.676. The topological polar surface area (TPSA) is 46.2 Å². The maximum Gasteiger partial charge on any atom is 0.212 e. The van der Waals surface area contributed by atoms with Gasteiger partial charge in [-0.05, 0) is 29.9 Å². The van der Waals surface area contributed by atoms with E-state index >= 15 is 0 Å². The Morgan fingerprint density at radius 3 is 2.29 bits per heavy atom. The average molecular weight is 318 g/mol. The molecule has 0 spiro atoms. The largest absolute Gasteiger partial charge is 0.212 e. The molecule has 0 heterocycles. The highest BCUT2D eigenvalue weighted by Crippen LogP contribution is 2.29. The first-order valence-corrected chi connectivity index (χ1v) is 8.47. The van der Waals surface area contributed by atoms with Crippen molar-refractivity contribution in [2.75, 3.05) is 5.75 Å². The van der Waals surface area contributed by atoms with Gasteiger partial charge in [-0.15, -0.1) is 0 Å². The molecule has 0 radical (unpaired) electrons. The predicted molar refractivity (Wildman–Crippen MR) is 72.4 cm³/mol. The van der Waals surface area contributed by atoms with E-state index in [2.05, 4.69) is 20.7 Å². The number of sulfonamides is 1. The van der Waals surface area contributed by atoms with Crippen LogP contribution in [-0.2, 0) is 21.9 Å². The number of halogens is 1. The van der Waals surface area contributed by atoms with E-state index in [9.17, 15) is 8.42 Å². The molecule has 1 aliphatic rings. The molecule has 1 aromatic carbocycles. The van der Waals surface area contributed by atoms with E-state index < -0.39 is 10.0 Å². The van der Waals surface area contributed by atoms with Crippen LogP contribution in [0.15, 0.2) is 24.3 Å². The Balaban J connectivity index is 1.87. The summed E-state index contributed by atoms with van der Waals surface area (Å²) in [5.41, 5.74) is 2.18. The summed E-state index contributed by atoms with van der Waals surface area (Å²) in [6.07, 6.45) is 2.11. The zero-order chi connectivity index (χ0) is 12.3. The molecule has 1 aromatic rings. The van der Waals surface area contributed by atoms with Gasteiger partial charge >= 0.3 is 0 Å². The summed E-state index contributed by atoms with van der Waals surface area (Å²) in [4.78, 5) is 0. The second-order valence-electron chi connectivity index (χ2n) is 4.50. The Labute approximate surface area is 111 Å². The van der Waals surface area contributed by atoms with Gasteiger partial charge in [0.05, 0.1) is 5.75 Å². The van der Waals surface area contributed by atoms with Crippen LogP contribution in [0.3, 0.4) is 0 Å². The van der Waals surface area contributed by atoms with Crippen molar-refractivity contribution < 1.29 is 8.42 Å². The lowest BCUT2D eigenvalue weighted by atomic mass is 10.2. The summed E-state index contributed by atoms with van der Waals surface area (Å²) in [7, 11) is -3.09. The van der Waals surface area contributed by atoms with Crippen molar-refractivity contribution in [2.45, 2.75) is 24.7 Å². The minimum absolute atomic E-state index is 0.284. The van der Waals surface area contributed by atoms with Crippen LogP contribution in [-0.4, -0.2) is 14.2 Å². The zero-order valence-corrected chi connectivity index (χ0v) is 11.9. The van der Waals surface area contributed by atoms with Crippen LogP contribution in [0.4, 0.5) is 0 Å². The van der Waals surface area contributed by atoms with Crippen molar-refractivity contribution in [3.8, 4) is 0 Å². The van der Waals surface area contributed by atoms with Gasteiger partial charge in [0.15, 0.2) is 0 Å². The molecule has 0 amide bonds. The van der Waals surface area contributed by atoms with Gasteiger partial charge < -0.3 is 0 Å². The third kappa shape index (κ3) is 4.41. The minimum atomic E-state index is -3.09. The monoisotopic (exact) mass is 317 g/mol. The highest BCUT2D eigenvalue weighted by Gasteiger charge is 2.27. The van der Waals surface area contributed by atoms with Gasteiger partial charge in [-0.1, -0.05) is 40.2 Å². The van der Waals surface area contributed by atoms with Crippen molar-refractivity contribution in [1.82, 2.24) is 4.72 Å². The van der Waals surface area contributed by atoms with Gasteiger partial charge in [0.2, 0.25) is 10.0 Å². The molecule has 94 valence electrons. The highest BCUT2D eigenvalue weighted by atomic mass is 79.9. The number of hydrogen-bond acceptors (Lipinski definition) is 2. The lowest BCUT2D eigenvalue weighted by molar-refractivity contribution is 0.577. The van der Waals surface area contributed by atoms with E-state index in [0.717, 1.165) is 23.7 Å². The molecule has 0 atom stereocenters. The summed E-state index contributed by atoms with van der Waals surface area (Å²) >= 11 is 3.38. The molecule has 0 unspecified atom stereocenters. The number of hydrogen-bond donors (Lipinski definition) is 1. The zero-order valence-electron chi connectivity index (χ0n) is 9.52. The number of rotatable bonds is 6. The number of alkyl halides is 1. The smallest absolute Gasteiger partial charge is 0.212 e. The predicted octanol–water partition coefficient (Wildman–Crippen LogP) is 2.41. The molecule has 0 bridgehead atoms. The molecule has 1 N–H and O–H groups in total. The standard InChI is InChI=1S/C12H16BrNO2S/c13-7-10-1-3-11(4-2-10)8-14-17(15,16)9-12-5-6-12/h1-4,12,14H,5-9H2. The molecule has 3 nitrogen and oxygen atoms in total. The quantitative estimate of drug-likeness (QED) is 0.819. The Morgan fingerprint density at radius 2 is 1.76 bits per heavy atom. The second kappa shape index (κ2) is 5.50. The van der Waals surface area contributed by atoms with Gasteiger partial charge in [0.1, 0.15) is 0 Å². The average Bonchev–Trinajstić information content (AvgIpc) is 3.10. The van der Waals surface area contributed by atoms with Crippen LogP contribution in [0, 0.1) is 5.92 Å². The highest BCUT2D eigenvalue weighted by molar-refractivity contribution is 9.08. The molecule has 5 heteroatoms. The lowest BCUT2D eigenvalue weighted by Gasteiger charge is -2.06. The molecular formula is C12H16BrNO2S. The van der Waals surface area contributed by atoms with E-state index in [1.807, 2.05) is 24.3 Å². The first-order valence-electron chi connectivity index (χ1n) is 5.70. The van der Waals surface area contributed by atoms with E-state index in [0.29, 0.717) is 12.5 Å². The van der Waals surface area contributed by atoms with E-state index in [-0.39, 0.29) is 5.75 Å². The first kappa shape index (κ1) is 13.1. The van der Waals surface area contributed by atoms with Gasteiger partial charge in [0.25, 0.3) is 0 Å². The van der Waals surface area contributed by atoms with Crippen LogP contribution in [0.5, 0.6) is 0 Å². The normalized spacial score (nSPS) is 16.1. The Morgan fingerprint density at radius 1 is 1.18 bits per heavy atom. The Bertz CT molecular complexity index is 466. The van der Waals surface area contributed by atoms with Crippen molar-refractivity contribution >= 4 is 26.0 Å². The Kier molecular flexibility index (Phi) is 4.22. The Hall–Kier alpha value is -0.390. The van der Waals surface area contributed by atoms with E-state index in [4.69, 9.17) is 0 Å². The maximum absolute atomic E-state index is 11.7. The molecule has 1 aliphatic carbocycles. The third-order valence-electron chi connectivity index (χ3n) is 2.83. The number of benzene rings is 1. The summed E-state index contributed by atoms with van der Waals surface area (Å²) in [6, 6.07) is 7.91. The van der Waals surface area contributed by atoms with E-state index in [1.165, 1.54) is 5.56 Å². The van der Waals surface area contributed by atoms with Crippen LogP contribution < -0.4 is 4.72 Å². The summed E-state index contributed by atoms with van der Waals surface area (Å²) in [5, 5.41) is 0.820. The maximum atomic E-state index is 11.7. The van der Waals surface area contributed by atoms with Crippen molar-refractivity contribution in [3.63, 3.8) is 0 Å². The van der Waals surface area contributed by atoms with Gasteiger partial charge in [-0.3, -0.25) is 0 Å². The van der Waals surface area contributed by atoms with Crippen molar-refractivity contribution in [1.29, 1.82) is 0 Å². The fourth-order valence-corrected chi connectivity index (χ4v) is 3.43. The second-order valence-corrected chi connectivity index (χ2v) is 6.91. The summed E-state index contributed by atoms with van der Waals surface area (Å²) in [6.45, 7) is 0.387.